The number of fused-ring (bicyclic) bond motifs is 1. The van der Waals surface area contributed by atoms with Crippen LogP contribution in [0.3, 0.4) is 0 Å². The van der Waals surface area contributed by atoms with Crippen LogP contribution in [-0.2, 0) is 14.8 Å². The molecule has 2 aliphatic rings. The Morgan fingerprint density at radius 2 is 2.10 bits per heavy atom. The van der Waals surface area contributed by atoms with Crippen LogP contribution in [0.5, 0.6) is 0 Å². The van der Waals surface area contributed by atoms with Gasteiger partial charge in [0, 0.05) is 6.54 Å². The first-order valence-corrected chi connectivity index (χ1v) is 8.27. The van der Waals surface area contributed by atoms with E-state index in [0.717, 1.165) is 19.3 Å². The summed E-state index contributed by atoms with van der Waals surface area (Å²) in [6.07, 6.45) is 2.85. The first-order chi connectivity index (χ1) is 9.64. The number of hydrazine groups is 1. The van der Waals surface area contributed by atoms with E-state index in [1.54, 1.807) is 28.6 Å². The van der Waals surface area contributed by atoms with Gasteiger partial charge in [-0.05, 0) is 31.4 Å². The largest absolute Gasteiger partial charge is 0.375 e. The minimum absolute atomic E-state index is 0.0384. The summed E-state index contributed by atoms with van der Waals surface area (Å²) in [4.78, 5) is 0.232. The third kappa shape index (κ3) is 2.20. The van der Waals surface area contributed by atoms with Gasteiger partial charge in [0.05, 0.1) is 24.4 Å². The number of sulfonamides is 1. The van der Waals surface area contributed by atoms with Crippen molar-refractivity contribution < 1.29 is 13.2 Å². The maximum absolute atomic E-state index is 12.9. The fourth-order valence-electron chi connectivity index (χ4n) is 3.13. The number of nitrogen functional groups attached to an aromatic ring is 1. The molecule has 1 aromatic rings. The van der Waals surface area contributed by atoms with Gasteiger partial charge < -0.3 is 10.2 Å². The number of hydrogen-bond acceptors (Lipinski definition) is 5. The van der Waals surface area contributed by atoms with Crippen LogP contribution in [0.15, 0.2) is 29.2 Å². The highest BCUT2D eigenvalue weighted by atomic mass is 32.2. The molecule has 20 heavy (non-hydrogen) atoms. The smallest absolute Gasteiger partial charge is 0.245 e. The van der Waals surface area contributed by atoms with E-state index in [1.165, 1.54) is 0 Å². The van der Waals surface area contributed by atoms with Gasteiger partial charge in [0.1, 0.15) is 4.90 Å². The fraction of sp³-hybridized carbons (Fsp3) is 0.538. The Kier molecular flexibility index (Phi) is 3.68. The number of nitrogens with one attached hydrogen (secondary N) is 1. The van der Waals surface area contributed by atoms with Crippen LogP contribution in [0.4, 0.5) is 5.69 Å². The molecule has 1 aliphatic heterocycles. The Bertz CT molecular complexity index is 590. The highest BCUT2D eigenvalue weighted by Gasteiger charge is 2.42. The van der Waals surface area contributed by atoms with Crippen molar-refractivity contribution in [2.75, 3.05) is 18.6 Å². The molecule has 0 aromatic heterocycles. The highest BCUT2D eigenvalue weighted by Crippen LogP contribution is 2.34. The van der Waals surface area contributed by atoms with E-state index in [9.17, 15) is 8.42 Å². The molecule has 6 nitrogen and oxygen atoms in total. The second-order valence-corrected chi connectivity index (χ2v) is 7.02. The summed E-state index contributed by atoms with van der Waals surface area (Å²) in [5.74, 6) is 5.43. The number of ether oxygens (including phenoxy) is 1. The van der Waals surface area contributed by atoms with E-state index in [4.69, 9.17) is 10.6 Å². The molecular weight excluding hydrogens is 278 g/mol. The maximum atomic E-state index is 12.9. The SMILES string of the molecule is NNc1ccccc1S(=O)(=O)N1CCOC2CCCC21. The maximum Gasteiger partial charge on any atom is 0.245 e. The summed E-state index contributed by atoms with van der Waals surface area (Å²) in [6, 6.07) is 6.68. The minimum Gasteiger partial charge on any atom is -0.375 e. The molecule has 0 bridgehead atoms. The lowest BCUT2D eigenvalue weighted by molar-refractivity contribution is -0.0241. The third-order valence-electron chi connectivity index (χ3n) is 4.06. The van der Waals surface area contributed by atoms with Crippen molar-refractivity contribution in [3.05, 3.63) is 24.3 Å². The molecule has 2 atom stereocenters. The van der Waals surface area contributed by atoms with Gasteiger partial charge in [-0.1, -0.05) is 12.1 Å². The number of anilines is 1. The lowest BCUT2D eigenvalue weighted by atomic mass is 10.2. The Labute approximate surface area is 118 Å². The monoisotopic (exact) mass is 297 g/mol. The van der Waals surface area contributed by atoms with Crippen LogP contribution in [0, 0.1) is 0 Å². The van der Waals surface area contributed by atoms with E-state index in [0.29, 0.717) is 18.8 Å². The number of rotatable bonds is 3. The molecule has 1 saturated heterocycles. The first kappa shape index (κ1) is 13.8. The van der Waals surface area contributed by atoms with Gasteiger partial charge in [0.2, 0.25) is 10.0 Å². The molecule has 0 radical (unpaired) electrons. The van der Waals surface area contributed by atoms with Crippen molar-refractivity contribution >= 4 is 15.7 Å². The van der Waals surface area contributed by atoms with Crippen LogP contribution < -0.4 is 11.3 Å². The number of nitrogens with two attached hydrogens (primary N) is 1. The van der Waals surface area contributed by atoms with Gasteiger partial charge in [-0.15, -0.1) is 0 Å². The summed E-state index contributed by atoms with van der Waals surface area (Å²) in [6.45, 7) is 0.862. The van der Waals surface area contributed by atoms with E-state index in [-0.39, 0.29) is 17.0 Å². The molecule has 2 unspecified atom stereocenters. The van der Waals surface area contributed by atoms with E-state index < -0.39 is 10.0 Å². The second kappa shape index (κ2) is 5.33. The van der Waals surface area contributed by atoms with Gasteiger partial charge in [0.15, 0.2) is 0 Å². The fourth-order valence-corrected chi connectivity index (χ4v) is 4.95. The number of morpholine rings is 1. The van der Waals surface area contributed by atoms with Gasteiger partial charge in [-0.2, -0.15) is 4.31 Å². The lowest BCUT2D eigenvalue weighted by Gasteiger charge is -2.36. The average molecular weight is 297 g/mol. The van der Waals surface area contributed by atoms with Crippen LogP contribution in [0.1, 0.15) is 19.3 Å². The van der Waals surface area contributed by atoms with Crippen LogP contribution in [-0.4, -0.2) is 38.0 Å². The molecule has 110 valence electrons. The molecule has 2 fully saturated rings. The zero-order chi connectivity index (χ0) is 14.2. The standard InChI is InChI=1S/C13H19N3O3S/c14-15-10-4-1-2-7-13(10)20(17,18)16-8-9-19-12-6-3-5-11(12)16/h1-2,4,7,11-12,15H,3,5-6,8-9,14H2. The summed E-state index contributed by atoms with van der Waals surface area (Å²) >= 11 is 0. The Morgan fingerprint density at radius 1 is 1.30 bits per heavy atom. The highest BCUT2D eigenvalue weighted by molar-refractivity contribution is 7.89. The van der Waals surface area contributed by atoms with Crippen LogP contribution in [0.25, 0.3) is 0 Å². The normalized spacial score (nSPS) is 27.2. The Balaban J connectivity index is 1.98. The summed E-state index contributed by atoms with van der Waals surface area (Å²) in [5.41, 5.74) is 2.89. The Hall–Kier alpha value is -1.15. The van der Waals surface area contributed by atoms with Crippen molar-refractivity contribution in [2.45, 2.75) is 36.3 Å². The quantitative estimate of drug-likeness (QED) is 0.640. The zero-order valence-electron chi connectivity index (χ0n) is 11.2. The molecule has 7 heteroatoms. The number of nitrogens with zero attached hydrogens (tertiary/aromatic N) is 1. The van der Waals surface area contributed by atoms with Gasteiger partial charge in [-0.25, -0.2) is 8.42 Å². The molecule has 1 saturated carbocycles. The van der Waals surface area contributed by atoms with Crippen LogP contribution in [0.2, 0.25) is 0 Å². The predicted molar refractivity (Wildman–Crippen MR) is 75.5 cm³/mol. The van der Waals surface area contributed by atoms with Crippen molar-refractivity contribution in [1.29, 1.82) is 0 Å². The van der Waals surface area contributed by atoms with E-state index in [1.807, 2.05) is 0 Å². The van der Waals surface area contributed by atoms with Crippen LogP contribution >= 0.6 is 0 Å². The zero-order valence-corrected chi connectivity index (χ0v) is 12.0. The number of hydrogen-bond donors (Lipinski definition) is 2. The van der Waals surface area contributed by atoms with E-state index >= 15 is 0 Å². The van der Waals surface area contributed by atoms with Crippen molar-refractivity contribution in [1.82, 2.24) is 4.31 Å². The van der Waals surface area contributed by atoms with E-state index in [2.05, 4.69) is 5.43 Å². The summed E-state index contributed by atoms with van der Waals surface area (Å²) in [5, 5.41) is 0. The molecule has 1 heterocycles. The predicted octanol–water partition coefficient (Wildman–Crippen LogP) is 0.914. The third-order valence-corrected chi connectivity index (χ3v) is 6.04. The number of para-hydroxylation sites is 1. The average Bonchev–Trinajstić information content (AvgIpc) is 2.95. The molecule has 1 aliphatic carbocycles. The summed E-state index contributed by atoms with van der Waals surface area (Å²) in [7, 11) is -3.55. The molecule has 0 spiro atoms. The van der Waals surface area contributed by atoms with Gasteiger partial charge in [0.25, 0.3) is 0 Å². The molecule has 0 amide bonds. The van der Waals surface area contributed by atoms with Gasteiger partial charge >= 0.3 is 0 Å². The molecular formula is C13H19N3O3S. The molecule has 3 rings (SSSR count). The lowest BCUT2D eigenvalue weighted by Crippen LogP contribution is -2.51. The second-order valence-electron chi connectivity index (χ2n) is 5.16. The van der Waals surface area contributed by atoms with Gasteiger partial charge in [-0.3, -0.25) is 5.84 Å². The molecule has 3 N–H and O–H groups in total. The Morgan fingerprint density at radius 3 is 2.90 bits per heavy atom. The number of benzene rings is 1. The molecule has 1 aromatic carbocycles. The van der Waals surface area contributed by atoms with Crippen molar-refractivity contribution in [2.24, 2.45) is 5.84 Å². The minimum atomic E-state index is -3.55. The topological polar surface area (TPSA) is 84.7 Å². The van der Waals surface area contributed by atoms with Crippen molar-refractivity contribution in [3.63, 3.8) is 0 Å². The van der Waals surface area contributed by atoms with Crippen molar-refractivity contribution in [3.8, 4) is 0 Å². The summed E-state index contributed by atoms with van der Waals surface area (Å²) < 4.78 is 33.0. The first-order valence-electron chi connectivity index (χ1n) is 6.83.